The third-order valence-corrected chi connectivity index (χ3v) is 5.89. The van der Waals surface area contributed by atoms with Gasteiger partial charge in [-0.2, -0.15) is 0 Å². The lowest BCUT2D eigenvalue weighted by Crippen LogP contribution is -2.50. The van der Waals surface area contributed by atoms with Crippen LogP contribution in [-0.4, -0.2) is 55.0 Å². The molecule has 3 unspecified atom stereocenters. The van der Waals surface area contributed by atoms with Crippen molar-refractivity contribution >= 4 is 11.8 Å². The second-order valence-electron chi connectivity index (χ2n) is 7.38. The molecule has 1 aliphatic heterocycles. The highest BCUT2D eigenvalue weighted by molar-refractivity contribution is 5.71. The summed E-state index contributed by atoms with van der Waals surface area (Å²) >= 11 is 0. The number of aromatic amines is 1. The summed E-state index contributed by atoms with van der Waals surface area (Å²) in [6.45, 7) is 4.26. The van der Waals surface area contributed by atoms with Crippen LogP contribution in [0.15, 0.2) is 23.1 Å². The van der Waals surface area contributed by atoms with Crippen LogP contribution >= 0.6 is 0 Å². The van der Waals surface area contributed by atoms with Crippen LogP contribution < -0.4 is 24.7 Å². The first-order valence-electron chi connectivity index (χ1n) is 9.71. The standard InChI is InChI=1S/C21H27N3O6/c1-11-12(2)24(7-6-14(11)21(26)27)19-20(25)22-10-15(23-19)13-8-16(28-3)18(30-5)17(9-13)29-4/h8-12,14H,6-7H2,1-5H3,(H,22,25)(H,26,27). The predicted molar refractivity (Wildman–Crippen MR) is 112 cm³/mol. The zero-order valence-corrected chi connectivity index (χ0v) is 17.8. The SMILES string of the molecule is COc1cc(-c2c[nH]c(=O)c(N3CCC(C(=O)O)C(C)C3C)n2)cc(OC)c1OC. The van der Waals surface area contributed by atoms with Crippen LogP contribution in [0.3, 0.4) is 0 Å². The predicted octanol–water partition coefficient (Wildman–Crippen LogP) is 2.40. The van der Waals surface area contributed by atoms with Crippen molar-refractivity contribution in [3.63, 3.8) is 0 Å². The Morgan fingerprint density at radius 1 is 1.17 bits per heavy atom. The number of aromatic nitrogens is 2. The molecule has 30 heavy (non-hydrogen) atoms. The van der Waals surface area contributed by atoms with Crippen molar-refractivity contribution in [1.29, 1.82) is 0 Å². The van der Waals surface area contributed by atoms with Gasteiger partial charge in [0.05, 0.1) is 32.9 Å². The number of carboxylic acid groups (broad SMARTS) is 1. The van der Waals surface area contributed by atoms with Crippen molar-refractivity contribution in [2.24, 2.45) is 11.8 Å². The Morgan fingerprint density at radius 3 is 2.33 bits per heavy atom. The van der Waals surface area contributed by atoms with E-state index in [0.717, 1.165) is 0 Å². The van der Waals surface area contributed by atoms with Gasteiger partial charge in [0.1, 0.15) is 0 Å². The molecule has 2 aromatic rings. The minimum Gasteiger partial charge on any atom is -0.493 e. The summed E-state index contributed by atoms with van der Waals surface area (Å²) < 4.78 is 16.2. The van der Waals surface area contributed by atoms with Crippen molar-refractivity contribution in [2.75, 3.05) is 32.8 Å². The maximum atomic E-state index is 12.6. The Bertz CT molecular complexity index is 964. The van der Waals surface area contributed by atoms with E-state index in [1.54, 1.807) is 12.1 Å². The number of H-pyrrole nitrogens is 1. The monoisotopic (exact) mass is 417 g/mol. The summed E-state index contributed by atoms with van der Waals surface area (Å²) in [6, 6.07) is 3.37. The summed E-state index contributed by atoms with van der Waals surface area (Å²) in [6.07, 6.45) is 1.99. The first-order valence-corrected chi connectivity index (χ1v) is 9.71. The smallest absolute Gasteiger partial charge is 0.306 e. The lowest BCUT2D eigenvalue weighted by molar-refractivity contribution is -0.144. The highest BCUT2D eigenvalue weighted by atomic mass is 16.5. The molecule has 2 heterocycles. The van der Waals surface area contributed by atoms with Gasteiger partial charge in [-0.05, 0) is 31.4 Å². The van der Waals surface area contributed by atoms with E-state index < -0.39 is 11.9 Å². The van der Waals surface area contributed by atoms with E-state index in [-0.39, 0.29) is 23.3 Å². The number of nitrogens with zero attached hydrogens (tertiary/aromatic N) is 2. The van der Waals surface area contributed by atoms with Gasteiger partial charge in [0.15, 0.2) is 17.3 Å². The van der Waals surface area contributed by atoms with E-state index in [9.17, 15) is 14.7 Å². The normalized spacial score (nSPS) is 21.2. The number of ether oxygens (including phenoxy) is 3. The number of rotatable bonds is 6. The van der Waals surface area contributed by atoms with Crippen molar-refractivity contribution in [3.8, 4) is 28.5 Å². The highest BCUT2D eigenvalue weighted by Crippen LogP contribution is 2.41. The zero-order valence-electron chi connectivity index (χ0n) is 17.8. The minimum atomic E-state index is -0.804. The molecule has 9 heteroatoms. The number of hydrogen-bond acceptors (Lipinski definition) is 7. The molecule has 0 aliphatic carbocycles. The van der Waals surface area contributed by atoms with Gasteiger partial charge in [-0.3, -0.25) is 9.59 Å². The number of carboxylic acids is 1. The molecule has 0 amide bonds. The van der Waals surface area contributed by atoms with Gasteiger partial charge in [0.25, 0.3) is 5.56 Å². The molecular formula is C21H27N3O6. The number of aliphatic carboxylic acids is 1. The minimum absolute atomic E-state index is 0.123. The lowest BCUT2D eigenvalue weighted by Gasteiger charge is -2.41. The number of carbonyl (C=O) groups is 1. The van der Waals surface area contributed by atoms with E-state index >= 15 is 0 Å². The van der Waals surface area contributed by atoms with Gasteiger partial charge in [-0.25, -0.2) is 4.98 Å². The number of piperidine rings is 1. The quantitative estimate of drug-likeness (QED) is 0.737. The second kappa shape index (κ2) is 8.64. The Labute approximate surface area is 174 Å². The van der Waals surface area contributed by atoms with Crippen molar-refractivity contribution in [2.45, 2.75) is 26.3 Å². The van der Waals surface area contributed by atoms with Gasteiger partial charge in [0, 0.05) is 24.3 Å². The Kier molecular flexibility index (Phi) is 6.19. The Hall–Kier alpha value is -3.23. The van der Waals surface area contributed by atoms with E-state index in [4.69, 9.17) is 14.2 Å². The van der Waals surface area contributed by atoms with Crippen LogP contribution in [0.1, 0.15) is 20.3 Å². The molecule has 2 N–H and O–H groups in total. The van der Waals surface area contributed by atoms with Crippen molar-refractivity contribution in [3.05, 3.63) is 28.7 Å². The lowest BCUT2D eigenvalue weighted by atomic mass is 9.81. The zero-order chi connectivity index (χ0) is 22.0. The summed E-state index contributed by atoms with van der Waals surface area (Å²) in [5.74, 6) is 0.324. The van der Waals surface area contributed by atoms with Crippen LogP contribution in [0.2, 0.25) is 0 Å². The highest BCUT2D eigenvalue weighted by Gasteiger charge is 2.37. The van der Waals surface area contributed by atoms with Crippen molar-refractivity contribution in [1.82, 2.24) is 9.97 Å². The van der Waals surface area contributed by atoms with Crippen molar-refractivity contribution < 1.29 is 24.1 Å². The van der Waals surface area contributed by atoms with Crippen LogP contribution in [0, 0.1) is 11.8 Å². The molecule has 1 saturated heterocycles. The summed E-state index contributed by atoms with van der Waals surface area (Å²) in [5.41, 5.74) is 0.895. The molecule has 1 fully saturated rings. The van der Waals surface area contributed by atoms with Gasteiger partial charge < -0.3 is 29.2 Å². The first-order chi connectivity index (χ1) is 14.3. The summed E-state index contributed by atoms with van der Waals surface area (Å²) in [4.78, 5) is 33.3. The number of anilines is 1. The molecule has 0 bridgehead atoms. The van der Waals surface area contributed by atoms with Gasteiger partial charge >= 0.3 is 5.97 Å². The molecule has 0 radical (unpaired) electrons. The molecule has 3 atom stereocenters. The fourth-order valence-corrected chi connectivity index (χ4v) is 3.98. The average molecular weight is 417 g/mol. The van der Waals surface area contributed by atoms with E-state index in [2.05, 4.69) is 9.97 Å². The molecular weight excluding hydrogens is 390 g/mol. The first kappa shape index (κ1) is 21.5. The molecule has 1 aromatic heterocycles. The fraction of sp³-hybridized carbons (Fsp3) is 0.476. The summed E-state index contributed by atoms with van der Waals surface area (Å²) in [7, 11) is 4.59. The topological polar surface area (TPSA) is 114 Å². The maximum absolute atomic E-state index is 12.6. The van der Waals surface area contributed by atoms with Crippen LogP contribution in [0.25, 0.3) is 11.3 Å². The number of nitrogens with one attached hydrogen (secondary N) is 1. The molecule has 1 aliphatic rings. The molecule has 162 valence electrons. The molecule has 3 rings (SSSR count). The number of benzene rings is 1. The van der Waals surface area contributed by atoms with Gasteiger partial charge in [-0.15, -0.1) is 0 Å². The number of methoxy groups -OCH3 is 3. The molecule has 1 aromatic carbocycles. The van der Waals surface area contributed by atoms with Gasteiger partial charge in [0.2, 0.25) is 5.75 Å². The Morgan fingerprint density at radius 2 is 1.80 bits per heavy atom. The largest absolute Gasteiger partial charge is 0.493 e. The third kappa shape index (κ3) is 3.79. The van der Waals surface area contributed by atoms with Crippen LogP contribution in [-0.2, 0) is 4.79 Å². The second-order valence-corrected chi connectivity index (χ2v) is 7.38. The molecule has 9 nitrogen and oxygen atoms in total. The number of hydrogen-bond donors (Lipinski definition) is 2. The van der Waals surface area contributed by atoms with Crippen LogP contribution in [0.5, 0.6) is 17.2 Å². The molecule has 0 spiro atoms. The average Bonchev–Trinajstić information content (AvgIpc) is 2.74. The molecule has 0 saturated carbocycles. The summed E-state index contributed by atoms with van der Waals surface area (Å²) in [5, 5.41) is 9.44. The van der Waals surface area contributed by atoms with Crippen LogP contribution in [0.4, 0.5) is 5.82 Å². The Balaban J connectivity index is 2.03. The fourth-order valence-electron chi connectivity index (χ4n) is 3.98. The van der Waals surface area contributed by atoms with E-state index in [0.29, 0.717) is 41.5 Å². The van der Waals surface area contributed by atoms with E-state index in [1.165, 1.54) is 27.5 Å². The van der Waals surface area contributed by atoms with Gasteiger partial charge in [-0.1, -0.05) is 6.92 Å². The van der Waals surface area contributed by atoms with E-state index in [1.807, 2.05) is 18.7 Å². The third-order valence-electron chi connectivity index (χ3n) is 5.89. The maximum Gasteiger partial charge on any atom is 0.306 e.